The lowest BCUT2D eigenvalue weighted by Crippen LogP contribution is -2.10. The van der Waals surface area contributed by atoms with Crippen LogP contribution in [0.2, 0.25) is 5.02 Å². The van der Waals surface area contributed by atoms with Crippen LogP contribution in [0.1, 0.15) is 11.1 Å². The van der Waals surface area contributed by atoms with Crippen LogP contribution in [-0.2, 0) is 12.1 Å². The van der Waals surface area contributed by atoms with Gasteiger partial charge < -0.3 is 0 Å². The zero-order valence-electron chi connectivity index (χ0n) is 6.63. The quantitative estimate of drug-likeness (QED) is 0.514. The highest BCUT2D eigenvalue weighted by molar-refractivity contribution is 6.31. The van der Waals surface area contributed by atoms with E-state index in [0.717, 1.165) is 6.07 Å². The number of rotatable bonds is 1. The molecule has 6 heteroatoms. The van der Waals surface area contributed by atoms with E-state index in [1.165, 1.54) is 0 Å². The normalized spacial score (nSPS) is 11.9. The maximum Gasteiger partial charge on any atom is 0.416 e. The summed E-state index contributed by atoms with van der Waals surface area (Å²) in [6.07, 6.45) is -4.62. The van der Waals surface area contributed by atoms with E-state index in [4.69, 9.17) is 23.2 Å². The molecular weight excluding hydrogens is 243 g/mol. The lowest BCUT2D eigenvalue weighted by atomic mass is 10.1. The molecule has 0 unspecified atom stereocenters. The van der Waals surface area contributed by atoms with Crippen molar-refractivity contribution in [3.8, 4) is 0 Å². The molecule has 0 aliphatic rings. The van der Waals surface area contributed by atoms with Gasteiger partial charge in [-0.2, -0.15) is 13.2 Å². The minimum Gasteiger partial charge on any atom is -0.205 e. The Labute approximate surface area is 87.4 Å². The van der Waals surface area contributed by atoms with Gasteiger partial charge in [0.2, 0.25) is 0 Å². The molecule has 14 heavy (non-hydrogen) atoms. The molecule has 0 fully saturated rings. The van der Waals surface area contributed by atoms with Crippen LogP contribution in [0.25, 0.3) is 0 Å². The summed E-state index contributed by atoms with van der Waals surface area (Å²) >= 11 is 10.5. The largest absolute Gasteiger partial charge is 0.416 e. The fourth-order valence-corrected chi connectivity index (χ4v) is 1.43. The Balaban J connectivity index is 3.39. The van der Waals surface area contributed by atoms with Crippen LogP contribution in [-0.4, -0.2) is 0 Å². The number of benzene rings is 1. The molecule has 0 spiro atoms. The molecule has 78 valence electrons. The molecule has 0 atom stereocenters. The van der Waals surface area contributed by atoms with Gasteiger partial charge in [-0.15, -0.1) is 11.6 Å². The van der Waals surface area contributed by atoms with Crippen LogP contribution < -0.4 is 0 Å². The van der Waals surface area contributed by atoms with Crippen molar-refractivity contribution in [2.24, 2.45) is 0 Å². The minimum atomic E-state index is -4.62. The van der Waals surface area contributed by atoms with Gasteiger partial charge in [-0.3, -0.25) is 0 Å². The van der Waals surface area contributed by atoms with Gasteiger partial charge in [0.05, 0.1) is 16.5 Å². The average molecular weight is 247 g/mol. The van der Waals surface area contributed by atoms with Crippen molar-refractivity contribution in [1.82, 2.24) is 0 Å². The smallest absolute Gasteiger partial charge is 0.205 e. The second-order valence-corrected chi connectivity index (χ2v) is 3.19. The topological polar surface area (TPSA) is 0 Å². The molecule has 1 aromatic rings. The maximum absolute atomic E-state index is 13.1. The van der Waals surface area contributed by atoms with Gasteiger partial charge >= 0.3 is 6.18 Å². The molecule has 0 saturated heterocycles. The summed E-state index contributed by atoms with van der Waals surface area (Å²) in [6.45, 7) is 0. The van der Waals surface area contributed by atoms with E-state index in [1.54, 1.807) is 0 Å². The molecule has 1 aromatic carbocycles. The third-order valence-electron chi connectivity index (χ3n) is 1.64. The highest BCUT2D eigenvalue weighted by Gasteiger charge is 2.34. The van der Waals surface area contributed by atoms with Crippen molar-refractivity contribution in [3.05, 3.63) is 34.1 Å². The highest BCUT2D eigenvalue weighted by Crippen LogP contribution is 2.35. The first-order valence-electron chi connectivity index (χ1n) is 3.48. The van der Waals surface area contributed by atoms with Crippen molar-refractivity contribution in [2.45, 2.75) is 12.1 Å². The monoisotopic (exact) mass is 246 g/mol. The maximum atomic E-state index is 13.1. The summed E-state index contributed by atoms with van der Waals surface area (Å²) in [7, 11) is 0. The molecule has 0 bridgehead atoms. The van der Waals surface area contributed by atoms with Crippen molar-refractivity contribution in [3.63, 3.8) is 0 Å². The van der Waals surface area contributed by atoms with Gasteiger partial charge in [0.1, 0.15) is 5.82 Å². The first-order chi connectivity index (χ1) is 6.38. The Morgan fingerprint density at radius 1 is 1.21 bits per heavy atom. The van der Waals surface area contributed by atoms with E-state index in [-0.39, 0.29) is 5.02 Å². The van der Waals surface area contributed by atoms with Gasteiger partial charge in [-0.1, -0.05) is 11.6 Å². The summed E-state index contributed by atoms with van der Waals surface area (Å²) < 4.78 is 49.9. The summed E-state index contributed by atoms with van der Waals surface area (Å²) in [6, 6.07) is 1.57. The zero-order chi connectivity index (χ0) is 10.9. The Morgan fingerprint density at radius 2 is 1.79 bits per heavy atom. The second-order valence-electron chi connectivity index (χ2n) is 2.52. The van der Waals surface area contributed by atoms with Crippen LogP contribution in [0.4, 0.5) is 17.6 Å². The van der Waals surface area contributed by atoms with Crippen molar-refractivity contribution in [1.29, 1.82) is 0 Å². The molecule has 1 rings (SSSR count). The van der Waals surface area contributed by atoms with Crippen molar-refractivity contribution in [2.75, 3.05) is 0 Å². The number of hydrogen-bond donors (Lipinski definition) is 0. The van der Waals surface area contributed by atoms with E-state index in [2.05, 4.69) is 0 Å². The van der Waals surface area contributed by atoms with E-state index in [0.29, 0.717) is 6.07 Å². The summed E-state index contributed by atoms with van der Waals surface area (Å²) in [5, 5.41) is -0.367. The standard InChI is InChI=1S/C8H4Cl2F4/c9-3-4-5(8(12,13)14)1-2-6(10)7(4)11/h1-2H,3H2. The third kappa shape index (κ3) is 2.12. The fraction of sp³-hybridized carbons (Fsp3) is 0.250. The number of halogens is 6. The predicted molar refractivity (Wildman–Crippen MR) is 46.0 cm³/mol. The third-order valence-corrected chi connectivity index (χ3v) is 2.19. The Morgan fingerprint density at radius 3 is 2.21 bits per heavy atom. The Hall–Kier alpha value is -0.480. The van der Waals surface area contributed by atoms with Crippen molar-refractivity contribution >= 4 is 23.2 Å². The molecule has 0 aromatic heterocycles. The number of alkyl halides is 4. The highest BCUT2D eigenvalue weighted by atomic mass is 35.5. The molecule has 0 aliphatic carbocycles. The molecule has 0 saturated carbocycles. The van der Waals surface area contributed by atoms with Gasteiger partial charge in [0.25, 0.3) is 0 Å². The molecule has 0 aliphatic heterocycles. The predicted octanol–water partition coefficient (Wildman–Crippen LogP) is 4.24. The molecule has 0 heterocycles. The second kappa shape index (κ2) is 3.95. The van der Waals surface area contributed by atoms with E-state index in [9.17, 15) is 17.6 Å². The fourth-order valence-electron chi connectivity index (χ4n) is 0.989. The molecule has 0 radical (unpaired) electrons. The first-order valence-corrected chi connectivity index (χ1v) is 4.39. The molecular formula is C8H4Cl2F4. The van der Waals surface area contributed by atoms with Gasteiger partial charge in [-0.05, 0) is 12.1 Å². The van der Waals surface area contributed by atoms with Crippen LogP contribution >= 0.6 is 23.2 Å². The van der Waals surface area contributed by atoms with Crippen molar-refractivity contribution < 1.29 is 17.6 Å². The summed E-state index contributed by atoms with van der Waals surface area (Å²) in [4.78, 5) is 0. The minimum absolute atomic E-state index is 0.367. The zero-order valence-corrected chi connectivity index (χ0v) is 8.14. The molecule has 0 amide bonds. The molecule has 0 nitrogen and oxygen atoms in total. The van der Waals surface area contributed by atoms with Gasteiger partial charge in [0, 0.05) is 5.56 Å². The SMILES string of the molecule is Fc1c(Cl)ccc(C(F)(F)F)c1CCl. The summed E-state index contributed by atoms with van der Waals surface area (Å²) in [5.74, 6) is -1.68. The van der Waals surface area contributed by atoms with Crippen LogP contribution in [0.3, 0.4) is 0 Å². The van der Waals surface area contributed by atoms with E-state index >= 15 is 0 Å². The first kappa shape index (κ1) is 11.6. The van der Waals surface area contributed by atoms with Crippen LogP contribution in [0.5, 0.6) is 0 Å². The average Bonchev–Trinajstić information content (AvgIpc) is 2.07. The van der Waals surface area contributed by atoms with Crippen LogP contribution in [0.15, 0.2) is 12.1 Å². The summed E-state index contributed by atoms with van der Waals surface area (Å²) in [5.41, 5.74) is -1.71. The van der Waals surface area contributed by atoms with Crippen LogP contribution in [0, 0.1) is 5.82 Å². The van der Waals surface area contributed by atoms with E-state index in [1.807, 2.05) is 0 Å². The lowest BCUT2D eigenvalue weighted by Gasteiger charge is -2.12. The van der Waals surface area contributed by atoms with Gasteiger partial charge in [0.15, 0.2) is 0 Å². The Bertz CT molecular complexity index is 346. The van der Waals surface area contributed by atoms with Gasteiger partial charge in [-0.25, -0.2) is 4.39 Å². The Kier molecular flexibility index (Phi) is 3.27. The molecule has 0 N–H and O–H groups in total. The number of hydrogen-bond acceptors (Lipinski definition) is 0. The van der Waals surface area contributed by atoms with E-state index < -0.39 is 29.0 Å². The lowest BCUT2D eigenvalue weighted by molar-refractivity contribution is -0.138.